The molecule has 3 aliphatic rings. The summed E-state index contributed by atoms with van der Waals surface area (Å²) in [6.45, 7) is 9.81. The molecule has 0 bridgehead atoms. The van der Waals surface area contributed by atoms with E-state index in [4.69, 9.17) is 4.74 Å². The Labute approximate surface area is 175 Å². The van der Waals surface area contributed by atoms with E-state index in [0.717, 1.165) is 58.5 Å². The van der Waals surface area contributed by atoms with Gasteiger partial charge in [-0.1, -0.05) is 18.2 Å². The van der Waals surface area contributed by atoms with E-state index in [2.05, 4.69) is 40.1 Å². The number of anilines is 1. The summed E-state index contributed by atoms with van der Waals surface area (Å²) < 4.78 is 32.9. The molecule has 1 atom stereocenters. The first-order valence-corrected chi connectivity index (χ1v) is 12.6. The minimum Gasteiger partial charge on any atom is -0.375 e. The molecule has 3 heterocycles. The quantitative estimate of drug-likeness (QED) is 0.748. The number of para-hydroxylation sites is 1. The molecular weight excluding hydrogens is 386 g/mol. The molecule has 1 aromatic carbocycles. The average molecular weight is 422 g/mol. The summed E-state index contributed by atoms with van der Waals surface area (Å²) in [5, 5.41) is -0.350. The molecule has 3 aliphatic heterocycles. The van der Waals surface area contributed by atoms with Gasteiger partial charge in [0.15, 0.2) is 0 Å². The predicted octanol–water partition coefficient (Wildman–Crippen LogP) is 2.56. The average Bonchev–Trinajstić information content (AvgIpc) is 2.75. The Balaban J connectivity index is 1.33. The summed E-state index contributed by atoms with van der Waals surface area (Å²) in [5.74, 6) is 0. The molecule has 0 amide bonds. The van der Waals surface area contributed by atoms with Crippen LogP contribution < -0.4 is 4.90 Å². The summed E-state index contributed by atoms with van der Waals surface area (Å²) in [5.41, 5.74) is 1.18. The van der Waals surface area contributed by atoms with Crippen LogP contribution in [0.15, 0.2) is 30.3 Å². The maximum Gasteiger partial charge on any atom is 0.216 e. The fourth-order valence-electron chi connectivity index (χ4n) is 5.09. The molecule has 162 valence electrons. The number of benzene rings is 1. The van der Waals surface area contributed by atoms with Gasteiger partial charge in [0.1, 0.15) is 0 Å². The SMILES string of the molecule is CC(C)S(=O)(=O)N1CCC2(CC1)CC(N1CCN(c3ccccc3)CC1)CCO2. The van der Waals surface area contributed by atoms with E-state index in [9.17, 15) is 8.42 Å². The lowest BCUT2D eigenvalue weighted by Gasteiger charge is -2.49. The number of rotatable bonds is 4. The second-order valence-corrected chi connectivity index (χ2v) is 11.5. The second-order valence-electron chi connectivity index (χ2n) is 9.03. The van der Waals surface area contributed by atoms with Gasteiger partial charge >= 0.3 is 0 Å². The summed E-state index contributed by atoms with van der Waals surface area (Å²) in [7, 11) is -3.16. The van der Waals surface area contributed by atoms with Crippen molar-refractivity contribution >= 4 is 15.7 Å². The molecule has 0 aliphatic carbocycles. The standard InChI is InChI=1S/C22H35N3O3S/c1-19(2)29(26,27)25-11-9-22(10-12-25)18-21(8-17-28-22)24-15-13-23(14-16-24)20-6-4-3-5-7-20/h3-7,19,21H,8-18H2,1-2H3. The number of nitrogens with zero attached hydrogens (tertiary/aromatic N) is 3. The zero-order chi connectivity index (χ0) is 20.5. The van der Waals surface area contributed by atoms with E-state index in [0.29, 0.717) is 19.1 Å². The van der Waals surface area contributed by atoms with Crippen LogP contribution in [-0.4, -0.2) is 80.4 Å². The highest BCUT2D eigenvalue weighted by Gasteiger charge is 2.44. The zero-order valence-corrected chi connectivity index (χ0v) is 18.6. The Morgan fingerprint density at radius 1 is 1.00 bits per heavy atom. The monoisotopic (exact) mass is 421 g/mol. The number of sulfonamides is 1. The number of hydrogen-bond acceptors (Lipinski definition) is 5. The van der Waals surface area contributed by atoms with Crippen molar-refractivity contribution in [3.05, 3.63) is 30.3 Å². The maximum atomic E-state index is 12.5. The molecule has 0 saturated carbocycles. The van der Waals surface area contributed by atoms with Crippen molar-refractivity contribution in [2.45, 2.75) is 56.4 Å². The smallest absolute Gasteiger partial charge is 0.216 e. The molecule has 3 saturated heterocycles. The normalized spacial score (nSPS) is 26.9. The van der Waals surface area contributed by atoms with Gasteiger partial charge in [0.2, 0.25) is 10.0 Å². The second kappa shape index (κ2) is 8.53. The van der Waals surface area contributed by atoms with Crippen LogP contribution in [0, 0.1) is 0 Å². The number of ether oxygens (including phenoxy) is 1. The minimum atomic E-state index is -3.16. The topological polar surface area (TPSA) is 53.1 Å². The maximum absolute atomic E-state index is 12.5. The lowest BCUT2D eigenvalue weighted by Crippen LogP contribution is -2.57. The minimum absolute atomic E-state index is 0.136. The third kappa shape index (κ3) is 4.48. The summed E-state index contributed by atoms with van der Waals surface area (Å²) in [6.07, 6.45) is 3.76. The van der Waals surface area contributed by atoms with Gasteiger partial charge in [-0.2, -0.15) is 0 Å². The Kier molecular flexibility index (Phi) is 6.21. The molecule has 0 radical (unpaired) electrons. The Morgan fingerprint density at radius 2 is 1.66 bits per heavy atom. The van der Waals surface area contributed by atoms with Gasteiger partial charge in [0, 0.05) is 57.6 Å². The van der Waals surface area contributed by atoms with Crippen molar-refractivity contribution in [1.29, 1.82) is 0 Å². The van der Waals surface area contributed by atoms with Gasteiger partial charge in [-0.15, -0.1) is 0 Å². The van der Waals surface area contributed by atoms with Crippen molar-refractivity contribution < 1.29 is 13.2 Å². The fraction of sp³-hybridized carbons (Fsp3) is 0.727. The molecule has 1 aromatic rings. The van der Waals surface area contributed by atoms with E-state index in [1.807, 2.05) is 0 Å². The van der Waals surface area contributed by atoms with Crippen molar-refractivity contribution in [2.75, 3.05) is 50.8 Å². The van der Waals surface area contributed by atoms with Gasteiger partial charge in [-0.25, -0.2) is 12.7 Å². The molecule has 7 heteroatoms. The van der Waals surface area contributed by atoms with Crippen molar-refractivity contribution in [3.8, 4) is 0 Å². The Hall–Kier alpha value is -1.15. The molecule has 4 rings (SSSR count). The third-order valence-corrected chi connectivity index (χ3v) is 9.28. The van der Waals surface area contributed by atoms with Crippen LogP contribution in [0.5, 0.6) is 0 Å². The van der Waals surface area contributed by atoms with Crippen LogP contribution >= 0.6 is 0 Å². The summed E-state index contributed by atoms with van der Waals surface area (Å²) in [4.78, 5) is 5.11. The number of piperidine rings is 1. The molecule has 0 aromatic heterocycles. The van der Waals surface area contributed by atoms with Gasteiger partial charge in [-0.05, 0) is 51.7 Å². The first kappa shape index (κ1) is 21.1. The summed E-state index contributed by atoms with van der Waals surface area (Å²) >= 11 is 0. The van der Waals surface area contributed by atoms with Crippen molar-refractivity contribution in [3.63, 3.8) is 0 Å². The lowest BCUT2D eigenvalue weighted by atomic mass is 9.82. The molecule has 6 nitrogen and oxygen atoms in total. The van der Waals surface area contributed by atoms with E-state index < -0.39 is 10.0 Å². The van der Waals surface area contributed by atoms with Gasteiger partial charge in [0.05, 0.1) is 10.9 Å². The van der Waals surface area contributed by atoms with Crippen molar-refractivity contribution in [2.24, 2.45) is 0 Å². The van der Waals surface area contributed by atoms with Gasteiger partial charge in [0.25, 0.3) is 0 Å². The van der Waals surface area contributed by atoms with Crippen LogP contribution in [0.4, 0.5) is 5.69 Å². The highest BCUT2D eigenvalue weighted by molar-refractivity contribution is 7.89. The fourth-order valence-corrected chi connectivity index (χ4v) is 6.38. The van der Waals surface area contributed by atoms with Gasteiger partial charge in [-0.3, -0.25) is 4.90 Å². The summed E-state index contributed by atoms with van der Waals surface area (Å²) in [6, 6.07) is 11.2. The molecule has 29 heavy (non-hydrogen) atoms. The molecule has 0 N–H and O–H groups in total. The van der Waals surface area contributed by atoms with Crippen LogP contribution in [0.1, 0.15) is 39.5 Å². The zero-order valence-electron chi connectivity index (χ0n) is 17.8. The van der Waals surface area contributed by atoms with Crippen LogP contribution in [0.25, 0.3) is 0 Å². The number of piperazine rings is 1. The van der Waals surface area contributed by atoms with Crippen LogP contribution in [-0.2, 0) is 14.8 Å². The largest absolute Gasteiger partial charge is 0.375 e. The highest BCUT2D eigenvalue weighted by atomic mass is 32.2. The van der Waals surface area contributed by atoms with E-state index in [1.165, 1.54) is 5.69 Å². The first-order valence-electron chi connectivity index (χ1n) is 11.1. The Bertz CT molecular complexity index is 768. The molecular formula is C22H35N3O3S. The Morgan fingerprint density at radius 3 is 2.28 bits per heavy atom. The van der Waals surface area contributed by atoms with E-state index >= 15 is 0 Å². The van der Waals surface area contributed by atoms with Crippen LogP contribution in [0.2, 0.25) is 0 Å². The molecule has 3 fully saturated rings. The third-order valence-electron chi connectivity index (χ3n) is 7.01. The lowest BCUT2D eigenvalue weighted by molar-refractivity contribution is -0.127. The van der Waals surface area contributed by atoms with E-state index in [1.54, 1.807) is 18.2 Å². The predicted molar refractivity (Wildman–Crippen MR) is 117 cm³/mol. The molecule has 1 spiro atoms. The molecule has 1 unspecified atom stereocenters. The number of hydrogen-bond donors (Lipinski definition) is 0. The van der Waals surface area contributed by atoms with Gasteiger partial charge < -0.3 is 9.64 Å². The highest BCUT2D eigenvalue weighted by Crippen LogP contribution is 2.38. The van der Waals surface area contributed by atoms with E-state index in [-0.39, 0.29) is 10.9 Å². The first-order chi connectivity index (χ1) is 13.9. The van der Waals surface area contributed by atoms with Crippen LogP contribution in [0.3, 0.4) is 0 Å². The van der Waals surface area contributed by atoms with Crippen molar-refractivity contribution in [1.82, 2.24) is 9.21 Å².